The summed E-state index contributed by atoms with van der Waals surface area (Å²) in [5.74, 6) is -1.76. The molecule has 34 heavy (non-hydrogen) atoms. The molecule has 0 radical (unpaired) electrons. The second-order valence-electron chi connectivity index (χ2n) is 8.31. The molecule has 0 bridgehead atoms. The van der Waals surface area contributed by atoms with Crippen LogP contribution in [0.4, 0.5) is 5.13 Å². The molecule has 6 nitrogen and oxygen atoms in total. The molecular weight excluding hydrogens is 470 g/mol. The number of aliphatic hydroxyl groups excluding tert-OH is 1. The van der Waals surface area contributed by atoms with Crippen molar-refractivity contribution in [3.05, 3.63) is 93.3 Å². The third-order valence-electron chi connectivity index (χ3n) is 5.92. The summed E-state index contributed by atoms with van der Waals surface area (Å²) in [5.41, 5.74) is 4.20. The number of aryl methyl sites for hydroxylation is 3. The van der Waals surface area contributed by atoms with Crippen molar-refractivity contribution in [2.75, 3.05) is 4.90 Å². The number of aromatic nitrogens is 2. The lowest BCUT2D eigenvalue weighted by molar-refractivity contribution is -0.132. The normalized spacial score (nSPS) is 17.6. The number of hydrogen-bond donors (Lipinski definition) is 1. The molecule has 0 aliphatic carbocycles. The number of rotatable bonds is 3. The minimum absolute atomic E-state index is 0.00845. The molecule has 1 fully saturated rings. The Bertz CT molecular complexity index is 1470. The van der Waals surface area contributed by atoms with Crippen LogP contribution < -0.4 is 4.90 Å². The first-order valence-corrected chi connectivity index (χ1v) is 11.8. The number of Topliss-reactive ketones (excluding diaryl/α,β-unsaturated/α-hetero) is 1. The van der Waals surface area contributed by atoms with E-state index in [-0.39, 0.29) is 11.3 Å². The molecule has 2 aromatic carbocycles. The third kappa shape index (κ3) is 3.57. The van der Waals surface area contributed by atoms with Gasteiger partial charge in [0.25, 0.3) is 5.78 Å². The molecule has 5 rings (SSSR count). The summed E-state index contributed by atoms with van der Waals surface area (Å²) in [7, 11) is 0. The van der Waals surface area contributed by atoms with Crippen molar-refractivity contribution in [3.63, 3.8) is 0 Å². The predicted molar refractivity (Wildman–Crippen MR) is 134 cm³/mol. The molecule has 4 aromatic rings. The van der Waals surface area contributed by atoms with Crippen LogP contribution in [-0.2, 0) is 9.59 Å². The van der Waals surface area contributed by atoms with Crippen LogP contribution in [0.2, 0.25) is 5.02 Å². The maximum Gasteiger partial charge on any atom is 0.301 e. The second kappa shape index (κ2) is 8.34. The number of fused-ring (bicyclic) bond motifs is 1. The smallest absolute Gasteiger partial charge is 0.301 e. The van der Waals surface area contributed by atoms with Crippen molar-refractivity contribution in [1.29, 1.82) is 0 Å². The number of aliphatic hydroxyl groups is 1. The summed E-state index contributed by atoms with van der Waals surface area (Å²) in [6, 6.07) is 13.6. The van der Waals surface area contributed by atoms with Crippen LogP contribution in [0.5, 0.6) is 0 Å². The molecule has 1 saturated heterocycles. The largest absolute Gasteiger partial charge is 0.507 e. The molecule has 1 atom stereocenters. The number of nitrogens with zero attached hydrogens (tertiary/aromatic N) is 3. The van der Waals surface area contributed by atoms with Crippen LogP contribution in [-0.4, -0.2) is 26.8 Å². The number of carbonyl (C=O) groups excluding carboxylic acids is 2. The minimum atomic E-state index is -0.918. The Labute approximate surface area is 205 Å². The van der Waals surface area contributed by atoms with Crippen LogP contribution in [0, 0.1) is 20.8 Å². The minimum Gasteiger partial charge on any atom is -0.507 e. The molecule has 1 N–H and O–H groups in total. The van der Waals surface area contributed by atoms with Crippen LogP contribution in [0.15, 0.2) is 60.3 Å². The van der Waals surface area contributed by atoms with E-state index in [0.717, 1.165) is 21.4 Å². The number of thiazole rings is 1. The van der Waals surface area contributed by atoms with Gasteiger partial charge in [0.1, 0.15) is 11.8 Å². The van der Waals surface area contributed by atoms with Gasteiger partial charge in [-0.3, -0.25) is 19.5 Å². The van der Waals surface area contributed by atoms with Crippen molar-refractivity contribution in [1.82, 2.24) is 9.97 Å². The molecule has 8 heteroatoms. The predicted octanol–water partition coefficient (Wildman–Crippen LogP) is 5.90. The van der Waals surface area contributed by atoms with Crippen molar-refractivity contribution in [3.8, 4) is 0 Å². The monoisotopic (exact) mass is 489 g/mol. The fourth-order valence-corrected chi connectivity index (χ4v) is 5.35. The average molecular weight is 490 g/mol. The molecule has 1 unspecified atom stereocenters. The number of amides is 1. The SMILES string of the molecule is Cc1ccc(C)c(/C(O)=C2\C(=O)C(=O)N(c3nc4cc(Cl)c(C)cc4s3)C2c2ccccn2)c1. The van der Waals surface area contributed by atoms with E-state index < -0.39 is 17.7 Å². The van der Waals surface area contributed by atoms with Crippen molar-refractivity contribution < 1.29 is 14.7 Å². The lowest BCUT2D eigenvalue weighted by Gasteiger charge is -2.22. The maximum absolute atomic E-state index is 13.3. The van der Waals surface area contributed by atoms with Crippen molar-refractivity contribution >= 4 is 55.7 Å². The number of benzene rings is 2. The topological polar surface area (TPSA) is 83.4 Å². The highest BCUT2D eigenvalue weighted by Crippen LogP contribution is 2.44. The van der Waals surface area contributed by atoms with Gasteiger partial charge in [0.2, 0.25) is 0 Å². The summed E-state index contributed by atoms with van der Waals surface area (Å²) in [6.45, 7) is 5.64. The number of anilines is 1. The fraction of sp³-hybridized carbons (Fsp3) is 0.154. The Balaban J connectivity index is 1.75. The van der Waals surface area contributed by atoms with E-state index in [0.29, 0.717) is 26.9 Å². The number of ketones is 1. The first kappa shape index (κ1) is 22.3. The highest BCUT2D eigenvalue weighted by atomic mass is 35.5. The molecule has 3 heterocycles. The van der Waals surface area contributed by atoms with E-state index in [4.69, 9.17) is 11.6 Å². The highest BCUT2D eigenvalue weighted by molar-refractivity contribution is 7.22. The molecule has 170 valence electrons. The second-order valence-corrected chi connectivity index (χ2v) is 9.72. The van der Waals surface area contributed by atoms with Crippen molar-refractivity contribution in [2.24, 2.45) is 0 Å². The summed E-state index contributed by atoms with van der Waals surface area (Å²) < 4.78 is 0.841. The zero-order chi connectivity index (χ0) is 24.1. The Morgan fingerprint density at radius 2 is 1.85 bits per heavy atom. The Morgan fingerprint density at radius 3 is 2.59 bits per heavy atom. The van der Waals surface area contributed by atoms with Crippen LogP contribution in [0.1, 0.15) is 34.0 Å². The standard InChI is InChI=1S/C26H20ClN3O3S/c1-13-7-8-14(2)16(10-13)23(31)21-22(18-6-4-5-9-28-18)30(25(33)24(21)32)26-29-19-12-17(27)15(3)11-20(19)34-26/h4-12,22,31H,1-3H3/b23-21+. The third-order valence-corrected chi connectivity index (χ3v) is 7.35. The number of carbonyl (C=O) groups is 2. The molecule has 1 aliphatic rings. The zero-order valence-corrected chi connectivity index (χ0v) is 20.2. The lowest BCUT2D eigenvalue weighted by Crippen LogP contribution is -2.29. The molecule has 1 aliphatic heterocycles. The molecule has 0 spiro atoms. The summed E-state index contributed by atoms with van der Waals surface area (Å²) >= 11 is 7.56. The first-order chi connectivity index (χ1) is 16.3. The van der Waals surface area contributed by atoms with E-state index in [1.54, 1.807) is 36.5 Å². The number of hydrogen-bond acceptors (Lipinski definition) is 6. The van der Waals surface area contributed by atoms with E-state index in [1.165, 1.54) is 16.2 Å². The molecule has 0 saturated carbocycles. The van der Waals surface area contributed by atoms with Crippen LogP contribution in [0.25, 0.3) is 16.0 Å². The number of pyridine rings is 1. The quantitative estimate of drug-likeness (QED) is 0.220. The van der Waals surface area contributed by atoms with Gasteiger partial charge in [-0.15, -0.1) is 0 Å². The fourth-order valence-electron chi connectivity index (χ4n) is 4.12. The van der Waals surface area contributed by atoms with Gasteiger partial charge in [-0.25, -0.2) is 4.98 Å². The van der Waals surface area contributed by atoms with Gasteiger partial charge in [-0.05, 0) is 62.2 Å². The van der Waals surface area contributed by atoms with Gasteiger partial charge in [0, 0.05) is 16.8 Å². The van der Waals surface area contributed by atoms with E-state index in [2.05, 4.69) is 9.97 Å². The average Bonchev–Trinajstić information content (AvgIpc) is 3.33. The number of halogens is 1. The van der Waals surface area contributed by atoms with Gasteiger partial charge < -0.3 is 5.11 Å². The van der Waals surface area contributed by atoms with Gasteiger partial charge in [0.05, 0.1) is 21.5 Å². The Kier molecular flexibility index (Phi) is 5.46. The van der Waals surface area contributed by atoms with Crippen LogP contribution >= 0.6 is 22.9 Å². The molecule has 1 amide bonds. The van der Waals surface area contributed by atoms with Crippen LogP contribution in [0.3, 0.4) is 0 Å². The maximum atomic E-state index is 13.3. The summed E-state index contributed by atoms with van der Waals surface area (Å²) in [4.78, 5) is 37.0. The van der Waals surface area contributed by atoms with Gasteiger partial charge in [-0.1, -0.05) is 46.7 Å². The van der Waals surface area contributed by atoms with Gasteiger partial charge >= 0.3 is 5.91 Å². The highest BCUT2D eigenvalue weighted by Gasteiger charge is 2.49. The van der Waals surface area contributed by atoms with E-state index in [9.17, 15) is 14.7 Å². The lowest BCUT2D eigenvalue weighted by atomic mass is 9.95. The molecule has 2 aromatic heterocycles. The van der Waals surface area contributed by atoms with E-state index in [1.807, 2.05) is 39.0 Å². The summed E-state index contributed by atoms with van der Waals surface area (Å²) in [6.07, 6.45) is 1.59. The van der Waals surface area contributed by atoms with Gasteiger partial charge in [0.15, 0.2) is 5.13 Å². The molecular formula is C26H20ClN3O3S. The zero-order valence-electron chi connectivity index (χ0n) is 18.7. The Hall–Kier alpha value is -3.55. The first-order valence-electron chi connectivity index (χ1n) is 10.6. The Morgan fingerprint density at radius 1 is 1.06 bits per heavy atom. The van der Waals surface area contributed by atoms with Crippen molar-refractivity contribution in [2.45, 2.75) is 26.8 Å². The van der Waals surface area contributed by atoms with Gasteiger partial charge in [-0.2, -0.15) is 0 Å². The van der Waals surface area contributed by atoms with E-state index >= 15 is 0 Å². The summed E-state index contributed by atoms with van der Waals surface area (Å²) in [5, 5.41) is 12.3.